The molecule has 1 aromatic heterocycles. The van der Waals surface area contributed by atoms with Gasteiger partial charge in [0.15, 0.2) is 0 Å². The minimum atomic E-state index is -0.0469. The van der Waals surface area contributed by atoms with Gasteiger partial charge in [-0.15, -0.1) is 0 Å². The number of piperidine rings is 1. The fourth-order valence-corrected chi connectivity index (χ4v) is 4.61. The number of carbonyl (C=O) groups excluding carboxylic acids is 1. The molecule has 162 valence electrons. The van der Waals surface area contributed by atoms with Gasteiger partial charge in [-0.1, -0.05) is 24.4 Å². The standard InChI is InChI=1S/C23H31ClN4O2/c1-16-18(14-25-27(16)2)15-28-11-9-20(10-12-28)30-22-8-7-17(13-21(22)24)23(29)26-19-5-3-4-6-19/h7-8,13-14,19-20H,3-6,9-12,15H2,1-2H3,(H,26,29). The van der Waals surface area contributed by atoms with Crippen molar-refractivity contribution in [3.05, 3.63) is 46.2 Å². The summed E-state index contributed by atoms with van der Waals surface area (Å²) in [7, 11) is 1.98. The summed E-state index contributed by atoms with van der Waals surface area (Å²) in [5, 5.41) is 7.94. The molecule has 0 unspecified atom stereocenters. The summed E-state index contributed by atoms with van der Waals surface area (Å²) in [5.41, 5.74) is 3.10. The Hall–Kier alpha value is -2.05. The number of benzene rings is 1. The molecule has 1 aliphatic carbocycles. The van der Waals surface area contributed by atoms with E-state index in [1.165, 1.54) is 24.1 Å². The van der Waals surface area contributed by atoms with Crippen molar-refractivity contribution in [2.75, 3.05) is 13.1 Å². The van der Waals surface area contributed by atoms with E-state index in [4.69, 9.17) is 16.3 Å². The van der Waals surface area contributed by atoms with Crippen LogP contribution < -0.4 is 10.1 Å². The van der Waals surface area contributed by atoms with E-state index in [1.807, 2.05) is 30.1 Å². The zero-order valence-electron chi connectivity index (χ0n) is 17.9. The first-order valence-corrected chi connectivity index (χ1v) is 11.3. The largest absolute Gasteiger partial charge is 0.489 e. The van der Waals surface area contributed by atoms with Crippen LogP contribution in [0.1, 0.15) is 60.1 Å². The molecule has 2 aliphatic rings. The second-order valence-corrected chi connectivity index (χ2v) is 8.98. The van der Waals surface area contributed by atoms with Crippen molar-refractivity contribution in [2.24, 2.45) is 7.05 Å². The Morgan fingerprint density at radius 2 is 1.97 bits per heavy atom. The minimum Gasteiger partial charge on any atom is -0.489 e. The Morgan fingerprint density at radius 1 is 1.23 bits per heavy atom. The van der Waals surface area contributed by atoms with Gasteiger partial charge in [0.1, 0.15) is 11.9 Å². The molecule has 1 aliphatic heterocycles. The molecule has 2 aromatic rings. The lowest BCUT2D eigenvalue weighted by Gasteiger charge is -2.32. The number of ether oxygens (including phenoxy) is 1. The highest BCUT2D eigenvalue weighted by atomic mass is 35.5. The third kappa shape index (κ3) is 4.98. The average Bonchev–Trinajstić information content (AvgIpc) is 3.36. The molecule has 2 fully saturated rings. The van der Waals surface area contributed by atoms with Crippen LogP contribution in [0.3, 0.4) is 0 Å². The minimum absolute atomic E-state index is 0.0469. The summed E-state index contributed by atoms with van der Waals surface area (Å²) >= 11 is 6.44. The molecule has 0 spiro atoms. The summed E-state index contributed by atoms with van der Waals surface area (Å²) in [4.78, 5) is 14.9. The second-order valence-electron chi connectivity index (χ2n) is 8.57. The molecule has 1 amide bonds. The van der Waals surface area contributed by atoms with Gasteiger partial charge in [0.05, 0.1) is 11.2 Å². The topological polar surface area (TPSA) is 59.4 Å². The Morgan fingerprint density at radius 3 is 2.60 bits per heavy atom. The highest BCUT2D eigenvalue weighted by Gasteiger charge is 2.23. The molecule has 4 rings (SSSR count). The van der Waals surface area contributed by atoms with Crippen LogP contribution in [0, 0.1) is 6.92 Å². The van der Waals surface area contributed by atoms with Crippen molar-refractivity contribution in [3.63, 3.8) is 0 Å². The number of nitrogens with one attached hydrogen (secondary N) is 1. The van der Waals surface area contributed by atoms with Gasteiger partial charge in [0.2, 0.25) is 0 Å². The summed E-state index contributed by atoms with van der Waals surface area (Å²) < 4.78 is 8.10. The molecule has 0 bridgehead atoms. The van der Waals surface area contributed by atoms with E-state index in [1.54, 1.807) is 6.07 Å². The molecule has 30 heavy (non-hydrogen) atoms. The molecule has 0 atom stereocenters. The Labute approximate surface area is 183 Å². The lowest BCUT2D eigenvalue weighted by atomic mass is 10.1. The average molecular weight is 431 g/mol. The number of likely N-dealkylation sites (tertiary alicyclic amines) is 1. The summed E-state index contributed by atoms with van der Waals surface area (Å²) in [6.07, 6.45) is 8.55. The third-order valence-electron chi connectivity index (χ3n) is 6.44. The number of carbonyl (C=O) groups is 1. The normalized spacial score (nSPS) is 18.6. The maximum absolute atomic E-state index is 12.4. The zero-order valence-corrected chi connectivity index (χ0v) is 18.6. The Bertz CT molecular complexity index is 883. The van der Waals surface area contributed by atoms with E-state index in [9.17, 15) is 4.79 Å². The van der Waals surface area contributed by atoms with Crippen LogP contribution in [-0.4, -0.2) is 45.8 Å². The van der Waals surface area contributed by atoms with Crippen LogP contribution in [0.5, 0.6) is 5.75 Å². The number of rotatable bonds is 6. The monoisotopic (exact) mass is 430 g/mol. The molecule has 1 saturated carbocycles. The highest BCUT2D eigenvalue weighted by molar-refractivity contribution is 6.32. The molecule has 0 radical (unpaired) electrons. The number of aryl methyl sites for hydroxylation is 1. The van der Waals surface area contributed by atoms with Crippen LogP contribution >= 0.6 is 11.6 Å². The first kappa shape index (κ1) is 21.2. The van der Waals surface area contributed by atoms with Gasteiger partial charge in [-0.2, -0.15) is 5.10 Å². The predicted octanol–water partition coefficient (Wildman–Crippen LogP) is 4.10. The molecular formula is C23H31ClN4O2. The first-order valence-electron chi connectivity index (χ1n) is 11.0. The van der Waals surface area contributed by atoms with Gasteiger partial charge >= 0.3 is 0 Å². The quantitative estimate of drug-likeness (QED) is 0.749. The molecular weight excluding hydrogens is 400 g/mol. The maximum atomic E-state index is 12.4. The van der Waals surface area contributed by atoms with E-state index >= 15 is 0 Å². The number of amides is 1. The Balaban J connectivity index is 1.28. The van der Waals surface area contributed by atoms with E-state index in [-0.39, 0.29) is 12.0 Å². The number of nitrogens with zero attached hydrogens (tertiary/aromatic N) is 3. The van der Waals surface area contributed by atoms with Gasteiger partial charge in [0, 0.05) is 49.5 Å². The van der Waals surface area contributed by atoms with Gasteiger partial charge in [-0.05, 0) is 50.8 Å². The predicted molar refractivity (Wildman–Crippen MR) is 118 cm³/mol. The van der Waals surface area contributed by atoms with Crippen molar-refractivity contribution in [2.45, 2.75) is 64.1 Å². The van der Waals surface area contributed by atoms with Crippen molar-refractivity contribution in [1.82, 2.24) is 20.0 Å². The fraction of sp³-hybridized carbons (Fsp3) is 0.565. The van der Waals surface area contributed by atoms with Gasteiger partial charge in [-0.25, -0.2) is 0 Å². The number of hydrogen-bond donors (Lipinski definition) is 1. The van der Waals surface area contributed by atoms with E-state index in [0.29, 0.717) is 22.4 Å². The maximum Gasteiger partial charge on any atom is 0.251 e. The van der Waals surface area contributed by atoms with Crippen molar-refractivity contribution in [1.29, 1.82) is 0 Å². The molecule has 6 nitrogen and oxygen atoms in total. The van der Waals surface area contributed by atoms with Crippen LogP contribution in [0.4, 0.5) is 0 Å². The summed E-state index contributed by atoms with van der Waals surface area (Å²) in [6.45, 7) is 5.01. The van der Waals surface area contributed by atoms with Crippen LogP contribution in [-0.2, 0) is 13.6 Å². The van der Waals surface area contributed by atoms with E-state index in [0.717, 1.165) is 45.3 Å². The first-order chi connectivity index (χ1) is 14.5. The van der Waals surface area contributed by atoms with E-state index in [2.05, 4.69) is 22.2 Å². The molecule has 1 aromatic carbocycles. The van der Waals surface area contributed by atoms with Gasteiger partial charge < -0.3 is 10.1 Å². The third-order valence-corrected chi connectivity index (χ3v) is 6.74. The highest BCUT2D eigenvalue weighted by Crippen LogP contribution is 2.29. The summed E-state index contributed by atoms with van der Waals surface area (Å²) in [5.74, 6) is 0.616. The lowest BCUT2D eigenvalue weighted by Crippen LogP contribution is -2.38. The SMILES string of the molecule is Cc1c(CN2CCC(Oc3ccc(C(=O)NC4CCCC4)cc3Cl)CC2)cnn1C. The number of aromatic nitrogens is 2. The smallest absolute Gasteiger partial charge is 0.251 e. The van der Waals surface area contributed by atoms with Gasteiger partial charge in [-0.3, -0.25) is 14.4 Å². The molecule has 7 heteroatoms. The van der Waals surface area contributed by atoms with Crippen LogP contribution in [0.2, 0.25) is 5.02 Å². The Kier molecular flexibility index (Phi) is 6.64. The molecule has 2 heterocycles. The molecule has 1 saturated heterocycles. The molecule has 1 N–H and O–H groups in total. The number of halogens is 1. The van der Waals surface area contributed by atoms with Crippen LogP contribution in [0.15, 0.2) is 24.4 Å². The van der Waals surface area contributed by atoms with Gasteiger partial charge in [0.25, 0.3) is 5.91 Å². The zero-order chi connectivity index (χ0) is 21.1. The van der Waals surface area contributed by atoms with Crippen molar-refractivity contribution < 1.29 is 9.53 Å². The van der Waals surface area contributed by atoms with Crippen LogP contribution in [0.25, 0.3) is 0 Å². The fourth-order valence-electron chi connectivity index (χ4n) is 4.38. The summed E-state index contributed by atoms with van der Waals surface area (Å²) in [6, 6.07) is 5.66. The number of hydrogen-bond acceptors (Lipinski definition) is 4. The van der Waals surface area contributed by atoms with Crippen molar-refractivity contribution in [3.8, 4) is 5.75 Å². The second kappa shape index (κ2) is 9.40. The lowest BCUT2D eigenvalue weighted by molar-refractivity contribution is 0.0936. The van der Waals surface area contributed by atoms with Crippen molar-refractivity contribution >= 4 is 17.5 Å². The van der Waals surface area contributed by atoms with E-state index < -0.39 is 0 Å².